The highest BCUT2D eigenvalue weighted by molar-refractivity contribution is 5.97. The van der Waals surface area contributed by atoms with Crippen LogP contribution in [0.1, 0.15) is 12.8 Å². The lowest BCUT2D eigenvalue weighted by molar-refractivity contribution is -0.151. The molecule has 0 bridgehead atoms. The van der Waals surface area contributed by atoms with Gasteiger partial charge in [0, 0.05) is 11.4 Å². The van der Waals surface area contributed by atoms with E-state index in [0.29, 0.717) is 24.2 Å². The second kappa shape index (κ2) is 5.60. The minimum absolute atomic E-state index is 0.320. The van der Waals surface area contributed by atoms with Gasteiger partial charge in [-0.15, -0.1) is 0 Å². The van der Waals surface area contributed by atoms with Crippen molar-refractivity contribution in [2.45, 2.75) is 12.8 Å². The van der Waals surface area contributed by atoms with E-state index in [2.05, 4.69) is 10.6 Å². The summed E-state index contributed by atoms with van der Waals surface area (Å²) in [6, 6.07) is 5.79. The van der Waals surface area contributed by atoms with Gasteiger partial charge in [-0.3, -0.25) is 9.59 Å². The van der Waals surface area contributed by atoms with Gasteiger partial charge in [-0.05, 0) is 31.0 Å². The van der Waals surface area contributed by atoms with Crippen molar-refractivity contribution in [3.05, 3.63) is 24.3 Å². The third-order valence-corrected chi connectivity index (χ3v) is 3.33. The lowest BCUT2D eigenvalue weighted by atomic mass is 9.73. The number of nitrogens with two attached hydrogens (primary N) is 1. The SMILES string of the molecule is NC(=O)Nc1cccc(NC(=O)C2CCC2C(=O)O)c1. The molecule has 20 heavy (non-hydrogen) atoms. The molecule has 1 aromatic rings. The summed E-state index contributed by atoms with van der Waals surface area (Å²) in [6.45, 7) is 0. The number of carboxylic acid groups (broad SMARTS) is 1. The standard InChI is InChI=1S/C13H15N3O4/c14-13(20)16-8-3-1-2-7(6-8)15-11(17)9-4-5-10(9)12(18)19/h1-3,6,9-10H,4-5H2,(H,15,17)(H,18,19)(H3,14,16,20). The number of benzene rings is 1. The molecule has 0 aromatic heterocycles. The highest BCUT2D eigenvalue weighted by atomic mass is 16.4. The average molecular weight is 277 g/mol. The lowest BCUT2D eigenvalue weighted by Crippen LogP contribution is -2.41. The zero-order valence-electron chi connectivity index (χ0n) is 10.6. The first kappa shape index (κ1) is 13.9. The molecule has 1 saturated carbocycles. The summed E-state index contributed by atoms with van der Waals surface area (Å²) in [5.74, 6) is -2.37. The predicted molar refractivity (Wildman–Crippen MR) is 72.1 cm³/mol. The molecule has 1 aromatic carbocycles. The van der Waals surface area contributed by atoms with Crippen molar-refractivity contribution < 1.29 is 19.5 Å². The molecule has 1 aliphatic carbocycles. The van der Waals surface area contributed by atoms with Crippen LogP contribution in [0.3, 0.4) is 0 Å². The minimum Gasteiger partial charge on any atom is -0.481 e. The van der Waals surface area contributed by atoms with E-state index in [-0.39, 0.29) is 5.91 Å². The Morgan fingerprint density at radius 3 is 2.20 bits per heavy atom. The van der Waals surface area contributed by atoms with Crippen molar-refractivity contribution in [2.24, 2.45) is 17.6 Å². The Hall–Kier alpha value is -2.57. The highest BCUT2D eigenvalue weighted by Crippen LogP contribution is 2.35. The van der Waals surface area contributed by atoms with Crippen LogP contribution in [0.5, 0.6) is 0 Å². The normalized spacial score (nSPS) is 20.6. The van der Waals surface area contributed by atoms with Crippen molar-refractivity contribution in [1.82, 2.24) is 0 Å². The van der Waals surface area contributed by atoms with Crippen molar-refractivity contribution in [3.8, 4) is 0 Å². The summed E-state index contributed by atoms with van der Waals surface area (Å²) in [5.41, 5.74) is 5.94. The molecule has 7 heteroatoms. The van der Waals surface area contributed by atoms with Crippen molar-refractivity contribution in [2.75, 3.05) is 10.6 Å². The fraction of sp³-hybridized carbons (Fsp3) is 0.308. The molecule has 1 aliphatic rings. The molecule has 0 spiro atoms. The molecule has 2 rings (SSSR count). The van der Waals surface area contributed by atoms with E-state index in [1.165, 1.54) is 0 Å². The lowest BCUT2D eigenvalue weighted by Gasteiger charge is -2.31. The Labute approximate surface area is 115 Å². The topological polar surface area (TPSA) is 122 Å². The van der Waals surface area contributed by atoms with E-state index in [0.717, 1.165) is 0 Å². The summed E-state index contributed by atoms with van der Waals surface area (Å²) in [7, 11) is 0. The van der Waals surface area contributed by atoms with Gasteiger partial charge >= 0.3 is 12.0 Å². The van der Waals surface area contributed by atoms with Gasteiger partial charge in [0.1, 0.15) is 0 Å². The summed E-state index contributed by atoms with van der Waals surface area (Å²) in [5, 5.41) is 14.0. The molecule has 7 nitrogen and oxygen atoms in total. The van der Waals surface area contributed by atoms with Crippen LogP contribution >= 0.6 is 0 Å². The molecule has 0 aliphatic heterocycles. The van der Waals surface area contributed by atoms with Crippen molar-refractivity contribution in [1.29, 1.82) is 0 Å². The number of anilines is 2. The number of primary amides is 1. The number of aliphatic carboxylic acids is 1. The van der Waals surface area contributed by atoms with Gasteiger partial charge in [0.05, 0.1) is 11.8 Å². The Balaban J connectivity index is 2.01. The smallest absolute Gasteiger partial charge is 0.316 e. The van der Waals surface area contributed by atoms with E-state index < -0.39 is 23.8 Å². The summed E-state index contributed by atoms with van der Waals surface area (Å²) < 4.78 is 0. The van der Waals surface area contributed by atoms with Crippen LogP contribution in [0.4, 0.5) is 16.2 Å². The van der Waals surface area contributed by atoms with Gasteiger partial charge in [0.15, 0.2) is 0 Å². The fourth-order valence-corrected chi connectivity index (χ4v) is 2.16. The molecular formula is C13H15N3O4. The number of hydrogen-bond acceptors (Lipinski definition) is 3. The van der Waals surface area contributed by atoms with Crippen molar-refractivity contribution in [3.63, 3.8) is 0 Å². The van der Waals surface area contributed by atoms with Gasteiger partial charge in [-0.1, -0.05) is 6.07 Å². The molecular weight excluding hydrogens is 262 g/mol. The first-order valence-corrected chi connectivity index (χ1v) is 6.17. The molecule has 2 atom stereocenters. The van der Waals surface area contributed by atoms with E-state index >= 15 is 0 Å². The molecule has 0 saturated heterocycles. The Morgan fingerprint density at radius 1 is 1.10 bits per heavy atom. The monoisotopic (exact) mass is 277 g/mol. The van der Waals surface area contributed by atoms with Gasteiger partial charge < -0.3 is 21.5 Å². The fourth-order valence-electron chi connectivity index (χ4n) is 2.16. The second-order valence-electron chi connectivity index (χ2n) is 4.69. The molecule has 1 fully saturated rings. The van der Waals surface area contributed by atoms with E-state index in [9.17, 15) is 14.4 Å². The van der Waals surface area contributed by atoms with Crippen LogP contribution in [0.15, 0.2) is 24.3 Å². The third-order valence-electron chi connectivity index (χ3n) is 3.33. The number of hydrogen-bond donors (Lipinski definition) is 4. The number of urea groups is 1. The predicted octanol–water partition coefficient (Wildman–Crippen LogP) is 1.23. The Kier molecular flexibility index (Phi) is 3.88. The molecule has 106 valence electrons. The van der Waals surface area contributed by atoms with Crippen LogP contribution in [-0.2, 0) is 9.59 Å². The summed E-state index contributed by atoms with van der Waals surface area (Å²) >= 11 is 0. The number of nitrogens with one attached hydrogen (secondary N) is 2. The second-order valence-corrected chi connectivity index (χ2v) is 4.69. The van der Waals surface area contributed by atoms with Gasteiger partial charge in [-0.2, -0.15) is 0 Å². The first-order chi connectivity index (χ1) is 9.47. The number of carboxylic acids is 1. The van der Waals surface area contributed by atoms with Gasteiger partial charge in [0.2, 0.25) is 5.91 Å². The van der Waals surface area contributed by atoms with Crippen LogP contribution < -0.4 is 16.4 Å². The quantitative estimate of drug-likeness (QED) is 0.661. The highest BCUT2D eigenvalue weighted by Gasteiger charge is 2.41. The number of rotatable bonds is 4. The van der Waals surface area contributed by atoms with E-state index in [1.54, 1.807) is 24.3 Å². The first-order valence-electron chi connectivity index (χ1n) is 6.17. The van der Waals surface area contributed by atoms with Crippen LogP contribution in [0.2, 0.25) is 0 Å². The number of carbonyl (C=O) groups is 3. The molecule has 5 N–H and O–H groups in total. The zero-order valence-corrected chi connectivity index (χ0v) is 10.6. The summed E-state index contributed by atoms with van der Waals surface area (Å²) in [4.78, 5) is 33.6. The average Bonchev–Trinajstić information content (AvgIpc) is 2.25. The Morgan fingerprint density at radius 2 is 1.70 bits per heavy atom. The van der Waals surface area contributed by atoms with Crippen LogP contribution in [-0.4, -0.2) is 23.0 Å². The maximum Gasteiger partial charge on any atom is 0.316 e. The molecule has 3 amide bonds. The Bertz CT molecular complexity index is 558. The van der Waals surface area contributed by atoms with Crippen molar-refractivity contribution >= 4 is 29.3 Å². The van der Waals surface area contributed by atoms with Crippen LogP contribution in [0, 0.1) is 11.8 Å². The van der Waals surface area contributed by atoms with E-state index in [1.807, 2.05) is 0 Å². The zero-order chi connectivity index (χ0) is 14.7. The van der Waals surface area contributed by atoms with Gasteiger partial charge in [-0.25, -0.2) is 4.79 Å². The maximum atomic E-state index is 12.0. The molecule has 0 heterocycles. The third kappa shape index (κ3) is 3.05. The molecule has 0 radical (unpaired) electrons. The number of carbonyl (C=O) groups excluding carboxylic acids is 2. The maximum absolute atomic E-state index is 12.0. The number of amides is 3. The molecule has 2 unspecified atom stereocenters. The van der Waals surface area contributed by atoms with Crippen LogP contribution in [0.25, 0.3) is 0 Å². The van der Waals surface area contributed by atoms with E-state index in [4.69, 9.17) is 10.8 Å². The summed E-state index contributed by atoms with van der Waals surface area (Å²) in [6.07, 6.45) is 1.10. The van der Waals surface area contributed by atoms with Gasteiger partial charge in [0.25, 0.3) is 0 Å². The minimum atomic E-state index is -0.944. The largest absolute Gasteiger partial charge is 0.481 e.